The van der Waals surface area contributed by atoms with Crippen molar-refractivity contribution < 1.29 is 0 Å². The number of rotatable bonds is 4. The zero-order valence-electron chi connectivity index (χ0n) is 12.7. The highest BCUT2D eigenvalue weighted by molar-refractivity contribution is 6.30. The average Bonchev–Trinajstić information content (AvgIpc) is 2.58. The molecule has 0 atom stereocenters. The summed E-state index contributed by atoms with van der Waals surface area (Å²) in [6.07, 6.45) is 4.40. The van der Waals surface area contributed by atoms with Gasteiger partial charge in [-0.3, -0.25) is 4.90 Å². The monoisotopic (exact) mass is 312 g/mol. The van der Waals surface area contributed by atoms with Gasteiger partial charge in [0.1, 0.15) is 0 Å². The molecule has 0 radical (unpaired) electrons. The largest absolute Gasteiger partial charge is 0.369 e. The second kappa shape index (κ2) is 7.48. The summed E-state index contributed by atoms with van der Waals surface area (Å²) in [6.45, 7) is 5.42. The maximum Gasteiger partial charge on any atom is 0.0406 e. The fourth-order valence-corrected chi connectivity index (χ4v) is 2.87. The predicted octanol–water partition coefficient (Wildman–Crippen LogP) is 4.18. The van der Waals surface area contributed by atoms with Crippen molar-refractivity contribution in [3.63, 3.8) is 0 Å². The molecule has 2 aromatic rings. The van der Waals surface area contributed by atoms with E-state index in [-0.39, 0.29) is 0 Å². The number of halogens is 1. The first-order valence-corrected chi connectivity index (χ1v) is 8.13. The molecule has 3 heteroatoms. The van der Waals surface area contributed by atoms with Gasteiger partial charge in [-0.05, 0) is 29.8 Å². The van der Waals surface area contributed by atoms with Gasteiger partial charge < -0.3 is 4.90 Å². The van der Waals surface area contributed by atoms with Crippen molar-refractivity contribution in [1.82, 2.24) is 4.90 Å². The summed E-state index contributed by atoms with van der Waals surface area (Å²) in [6, 6.07) is 18.6. The topological polar surface area (TPSA) is 6.48 Å². The van der Waals surface area contributed by atoms with Crippen molar-refractivity contribution in [2.45, 2.75) is 0 Å². The van der Waals surface area contributed by atoms with E-state index in [1.807, 2.05) is 24.3 Å². The molecule has 3 rings (SSSR count). The fraction of sp³-hybridized carbons (Fsp3) is 0.263. The molecule has 1 fully saturated rings. The number of hydrogen-bond donors (Lipinski definition) is 0. The number of nitrogens with zero attached hydrogens (tertiary/aromatic N) is 2. The molecule has 0 aliphatic carbocycles. The summed E-state index contributed by atoms with van der Waals surface area (Å²) in [4.78, 5) is 4.95. The van der Waals surface area contributed by atoms with Gasteiger partial charge in [-0.2, -0.15) is 0 Å². The molecule has 2 nitrogen and oxygen atoms in total. The summed E-state index contributed by atoms with van der Waals surface area (Å²) in [5.74, 6) is 0. The number of para-hydroxylation sites is 1. The minimum Gasteiger partial charge on any atom is -0.369 e. The van der Waals surface area contributed by atoms with Gasteiger partial charge in [0.25, 0.3) is 0 Å². The number of benzene rings is 2. The van der Waals surface area contributed by atoms with Gasteiger partial charge in [-0.1, -0.05) is 54.1 Å². The van der Waals surface area contributed by atoms with E-state index in [0.29, 0.717) is 0 Å². The summed E-state index contributed by atoms with van der Waals surface area (Å²) in [5.41, 5.74) is 2.53. The highest BCUT2D eigenvalue weighted by Gasteiger charge is 2.15. The molecule has 1 saturated heterocycles. The van der Waals surface area contributed by atoms with Gasteiger partial charge in [-0.15, -0.1) is 0 Å². The Kier molecular flexibility index (Phi) is 5.15. The van der Waals surface area contributed by atoms with Crippen LogP contribution in [0, 0.1) is 0 Å². The minimum absolute atomic E-state index is 0.786. The Morgan fingerprint density at radius 2 is 1.55 bits per heavy atom. The van der Waals surface area contributed by atoms with Gasteiger partial charge in [0.05, 0.1) is 0 Å². The van der Waals surface area contributed by atoms with Crippen LogP contribution in [0.5, 0.6) is 0 Å². The molecule has 0 N–H and O–H groups in total. The smallest absolute Gasteiger partial charge is 0.0406 e. The summed E-state index contributed by atoms with van der Waals surface area (Å²) < 4.78 is 0. The second-order valence-electron chi connectivity index (χ2n) is 5.58. The maximum absolute atomic E-state index is 5.89. The van der Waals surface area contributed by atoms with E-state index in [9.17, 15) is 0 Å². The third-order valence-electron chi connectivity index (χ3n) is 4.04. The van der Waals surface area contributed by atoms with E-state index in [0.717, 1.165) is 37.7 Å². The Morgan fingerprint density at radius 1 is 0.864 bits per heavy atom. The predicted molar refractivity (Wildman–Crippen MR) is 95.6 cm³/mol. The first-order chi connectivity index (χ1) is 10.8. The third-order valence-corrected chi connectivity index (χ3v) is 4.29. The van der Waals surface area contributed by atoms with E-state index in [4.69, 9.17) is 11.6 Å². The van der Waals surface area contributed by atoms with Crippen molar-refractivity contribution in [3.05, 3.63) is 71.3 Å². The Balaban J connectivity index is 1.47. The van der Waals surface area contributed by atoms with Gasteiger partial charge >= 0.3 is 0 Å². The van der Waals surface area contributed by atoms with Crippen molar-refractivity contribution >= 4 is 23.4 Å². The first-order valence-electron chi connectivity index (χ1n) is 7.76. The lowest BCUT2D eigenvalue weighted by Gasteiger charge is -2.35. The molecule has 114 valence electrons. The van der Waals surface area contributed by atoms with Crippen LogP contribution in [-0.2, 0) is 0 Å². The van der Waals surface area contributed by atoms with E-state index >= 15 is 0 Å². The highest BCUT2D eigenvalue weighted by atomic mass is 35.5. The molecule has 0 saturated carbocycles. The van der Waals surface area contributed by atoms with Crippen LogP contribution in [0.2, 0.25) is 5.02 Å². The van der Waals surface area contributed by atoms with Crippen LogP contribution < -0.4 is 4.90 Å². The number of hydrogen-bond acceptors (Lipinski definition) is 2. The van der Waals surface area contributed by atoms with Gasteiger partial charge in [0.2, 0.25) is 0 Å². The molecule has 0 aromatic heterocycles. The Bertz CT molecular complexity index is 599. The van der Waals surface area contributed by atoms with E-state index in [1.54, 1.807) is 0 Å². The van der Waals surface area contributed by atoms with E-state index in [1.165, 1.54) is 11.3 Å². The lowest BCUT2D eigenvalue weighted by atomic mass is 10.2. The summed E-state index contributed by atoms with van der Waals surface area (Å²) in [7, 11) is 0. The van der Waals surface area contributed by atoms with Crippen molar-refractivity contribution in [1.29, 1.82) is 0 Å². The SMILES string of the molecule is Clc1ccc(/C=C/CN2CCN(c3ccccc3)CC2)cc1. The maximum atomic E-state index is 5.89. The lowest BCUT2D eigenvalue weighted by Crippen LogP contribution is -2.46. The van der Waals surface area contributed by atoms with Crippen LogP contribution in [0.15, 0.2) is 60.7 Å². The van der Waals surface area contributed by atoms with Gasteiger partial charge in [0.15, 0.2) is 0 Å². The van der Waals surface area contributed by atoms with Crippen molar-refractivity contribution in [3.8, 4) is 0 Å². The molecular weight excluding hydrogens is 292 g/mol. The second-order valence-corrected chi connectivity index (χ2v) is 6.01. The molecule has 0 amide bonds. The number of anilines is 1. The lowest BCUT2D eigenvalue weighted by molar-refractivity contribution is 0.284. The zero-order chi connectivity index (χ0) is 15.2. The van der Waals surface area contributed by atoms with E-state index < -0.39 is 0 Å². The molecule has 0 spiro atoms. The minimum atomic E-state index is 0.786. The molecule has 1 aliphatic rings. The zero-order valence-corrected chi connectivity index (χ0v) is 13.4. The van der Waals surface area contributed by atoms with E-state index in [2.05, 4.69) is 52.3 Å². The Morgan fingerprint density at radius 3 is 2.23 bits per heavy atom. The molecule has 2 aromatic carbocycles. The van der Waals surface area contributed by atoms with Crippen molar-refractivity contribution in [2.24, 2.45) is 0 Å². The summed E-state index contributed by atoms with van der Waals surface area (Å²) in [5, 5.41) is 0.786. The quantitative estimate of drug-likeness (QED) is 0.836. The van der Waals surface area contributed by atoms with Crippen LogP contribution in [0.3, 0.4) is 0 Å². The third kappa shape index (κ3) is 4.12. The standard InChI is InChI=1S/C19H21ClN2/c20-18-10-8-17(9-11-18)5-4-12-21-13-15-22(16-14-21)19-6-2-1-3-7-19/h1-11H,12-16H2/b5-4+. The molecule has 22 heavy (non-hydrogen) atoms. The van der Waals surface area contributed by atoms with Gasteiger partial charge in [-0.25, -0.2) is 0 Å². The van der Waals surface area contributed by atoms with Gasteiger partial charge in [0, 0.05) is 43.4 Å². The molecule has 1 aliphatic heterocycles. The molecule has 1 heterocycles. The van der Waals surface area contributed by atoms with Crippen LogP contribution in [-0.4, -0.2) is 37.6 Å². The van der Waals surface area contributed by atoms with Crippen LogP contribution >= 0.6 is 11.6 Å². The first kappa shape index (κ1) is 15.1. The fourth-order valence-electron chi connectivity index (χ4n) is 2.74. The molecule has 0 bridgehead atoms. The average molecular weight is 313 g/mol. The molecular formula is C19H21ClN2. The van der Waals surface area contributed by atoms with Crippen LogP contribution in [0.1, 0.15) is 5.56 Å². The molecule has 0 unspecified atom stereocenters. The normalized spacial score (nSPS) is 16.3. The Hall–Kier alpha value is -1.77. The number of piperazine rings is 1. The van der Waals surface area contributed by atoms with Crippen LogP contribution in [0.4, 0.5) is 5.69 Å². The summed E-state index contributed by atoms with van der Waals surface area (Å²) >= 11 is 5.89. The van der Waals surface area contributed by atoms with Crippen LogP contribution in [0.25, 0.3) is 6.08 Å². The van der Waals surface area contributed by atoms with Crippen molar-refractivity contribution in [2.75, 3.05) is 37.6 Å². The Labute approximate surface area is 137 Å². The highest BCUT2D eigenvalue weighted by Crippen LogP contribution is 2.15.